The van der Waals surface area contributed by atoms with Crippen molar-refractivity contribution in [1.82, 2.24) is 5.32 Å². The van der Waals surface area contributed by atoms with E-state index in [0.717, 1.165) is 17.7 Å². The van der Waals surface area contributed by atoms with Gasteiger partial charge >= 0.3 is 0 Å². The van der Waals surface area contributed by atoms with Crippen LogP contribution in [0.2, 0.25) is 0 Å². The molecule has 0 unspecified atom stereocenters. The molecule has 0 saturated heterocycles. The average Bonchev–Trinajstić information content (AvgIpc) is 3.50. The van der Waals surface area contributed by atoms with Crippen molar-refractivity contribution in [1.29, 1.82) is 0 Å². The summed E-state index contributed by atoms with van der Waals surface area (Å²) >= 11 is 1.34. The second kappa shape index (κ2) is 8.81. The van der Waals surface area contributed by atoms with Gasteiger partial charge in [0, 0.05) is 22.7 Å². The first-order chi connectivity index (χ1) is 13.1. The first kappa shape index (κ1) is 19.1. The van der Waals surface area contributed by atoms with Gasteiger partial charge in [-0.05, 0) is 37.1 Å². The highest BCUT2D eigenvalue weighted by Crippen LogP contribution is 2.30. The molecule has 27 heavy (non-hydrogen) atoms. The molecule has 6 nitrogen and oxygen atoms in total. The van der Waals surface area contributed by atoms with Gasteiger partial charge in [0.05, 0.1) is 25.5 Å². The maximum Gasteiger partial charge on any atom is 0.252 e. The van der Waals surface area contributed by atoms with E-state index >= 15 is 0 Å². The molecule has 2 aromatic rings. The molecule has 2 aromatic carbocycles. The van der Waals surface area contributed by atoms with Crippen LogP contribution in [0.5, 0.6) is 11.5 Å². The number of benzene rings is 2. The van der Waals surface area contributed by atoms with Crippen LogP contribution in [0, 0.1) is 0 Å². The topological polar surface area (TPSA) is 76.7 Å². The minimum absolute atomic E-state index is 0.0825. The molecule has 142 valence electrons. The highest BCUT2D eigenvalue weighted by Gasteiger charge is 2.24. The normalized spacial score (nSPS) is 13.0. The maximum atomic E-state index is 12.3. The Morgan fingerprint density at radius 2 is 1.81 bits per heavy atom. The van der Waals surface area contributed by atoms with Gasteiger partial charge in [-0.25, -0.2) is 0 Å². The van der Waals surface area contributed by atoms with Crippen LogP contribution >= 0.6 is 11.8 Å². The zero-order chi connectivity index (χ0) is 19.2. The van der Waals surface area contributed by atoms with E-state index in [1.807, 2.05) is 18.2 Å². The van der Waals surface area contributed by atoms with Gasteiger partial charge in [-0.3, -0.25) is 9.59 Å². The summed E-state index contributed by atoms with van der Waals surface area (Å²) in [4.78, 5) is 25.4. The molecule has 1 fully saturated rings. The molecule has 0 spiro atoms. The Morgan fingerprint density at radius 1 is 1.07 bits per heavy atom. The standard InChI is InChI=1S/C20H22N2O4S/c1-25-16-10-9-14(11-17(16)26-2)21-19(23)12-27-18-6-4-3-5-15(18)20(24)22-13-7-8-13/h3-6,9-11,13H,7-8,12H2,1-2H3,(H,21,23)(H,22,24). The first-order valence-corrected chi connectivity index (χ1v) is 9.64. The van der Waals surface area contributed by atoms with Gasteiger partial charge in [-0.2, -0.15) is 0 Å². The molecule has 2 amide bonds. The summed E-state index contributed by atoms with van der Waals surface area (Å²) in [6, 6.07) is 12.8. The van der Waals surface area contributed by atoms with Gasteiger partial charge in [0.25, 0.3) is 5.91 Å². The third-order valence-electron chi connectivity index (χ3n) is 4.07. The predicted molar refractivity (Wildman–Crippen MR) is 106 cm³/mol. The van der Waals surface area contributed by atoms with Crippen LogP contribution in [0.25, 0.3) is 0 Å². The molecule has 0 radical (unpaired) electrons. The van der Waals surface area contributed by atoms with E-state index in [9.17, 15) is 9.59 Å². The molecular weight excluding hydrogens is 364 g/mol. The number of rotatable bonds is 8. The Balaban J connectivity index is 1.60. The number of ether oxygens (including phenoxy) is 2. The zero-order valence-electron chi connectivity index (χ0n) is 15.3. The second-order valence-electron chi connectivity index (χ2n) is 6.15. The quantitative estimate of drug-likeness (QED) is 0.681. The molecule has 7 heteroatoms. The van der Waals surface area contributed by atoms with Crippen molar-refractivity contribution < 1.29 is 19.1 Å². The van der Waals surface area contributed by atoms with E-state index < -0.39 is 0 Å². The van der Waals surface area contributed by atoms with Gasteiger partial charge < -0.3 is 20.1 Å². The SMILES string of the molecule is COc1ccc(NC(=O)CSc2ccccc2C(=O)NC2CC2)cc1OC. The molecule has 0 heterocycles. The first-order valence-electron chi connectivity index (χ1n) is 8.65. The van der Waals surface area contributed by atoms with Crippen LogP contribution in [-0.2, 0) is 4.79 Å². The number of hydrogen-bond acceptors (Lipinski definition) is 5. The van der Waals surface area contributed by atoms with Gasteiger partial charge in [0.2, 0.25) is 5.91 Å². The number of anilines is 1. The fraction of sp³-hybridized carbons (Fsp3) is 0.300. The monoisotopic (exact) mass is 386 g/mol. The molecule has 1 saturated carbocycles. The van der Waals surface area contributed by atoms with Crippen LogP contribution in [0.4, 0.5) is 5.69 Å². The minimum atomic E-state index is -0.162. The molecule has 1 aliphatic rings. The van der Waals surface area contributed by atoms with E-state index in [2.05, 4.69) is 10.6 Å². The molecule has 1 aliphatic carbocycles. The summed E-state index contributed by atoms with van der Waals surface area (Å²) in [6.07, 6.45) is 2.07. The van der Waals surface area contributed by atoms with Gasteiger partial charge in [-0.1, -0.05) is 12.1 Å². The van der Waals surface area contributed by atoms with E-state index in [4.69, 9.17) is 9.47 Å². The van der Waals surface area contributed by atoms with Gasteiger partial charge in [-0.15, -0.1) is 11.8 Å². The lowest BCUT2D eigenvalue weighted by Gasteiger charge is -2.11. The van der Waals surface area contributed by atoms with Crippen LogP contribution in [0.1, 0.15) is 23.2 Å². The molecular formula is C20H22N2O4S. The van der Waals surface area contributed by atoms with E-state index in [1.165, 1.54) is 11.8 Å². The van der Waals surface area contributed by atoms with Crippen LogP contribution in [-0.4, -0.2) is 37.8 Å². The average molecular weight is 386 g/mol. The Morgan fingerprint density at radius 3 is 2.52 bits per heavy atom. The van der Waals surface area contributed by atoms with Crippen molar-refractivity contribution in [3.8, 4) is 11.5 Å². The third kappa shape index (κ3) is 5.17. The van der Waals surface area contributed by atoms with Crippen LogP contribution in [0.3, 0.4) is 0 Å². The van der Waals surface area contributed by atoms with E-state index in [0.29, 0.717) is 28.8 Å². The summed E-state index contributed by atoms with van der Waals surface area (Å²) in [5, 5.41) is 5.82. The third-order valence-corrected chi connectivity index (χ3v) is 5.14. The smallest absolute Gasteiger partial charge is 0.252 e. The molecule has 3 rings (SSSR count). The van der Waals surface area contributed by atoms with Crippen LogP contribution in [0.15, 0.2) is 47.4 Å². The van der Waals surface area contributed by atoms with Gasteiger partial charge in [0.1, 0.15) is 0 Å². The Hall–Kier alpha value is -2.67. The lowest BCUT2D eigenvalue weighted by Crippen LogP contribution is -2.26. The summed E-state index contributed by atoms with van der Waals surface area (Å²) in [6.45, 7) is 0. The zero-order valence-corrected chi connectivity index (χ0v) is 16.1. The molecule has 0 bridgehead atoms. The summed E-state index contributed by atoms with van der Waals surface area (Å²) in [7, 11) is 3.10. The summed E-state index contributed by atoms with van der Waals surface area (Å²) in [5.41, 5.74) is 1.23. The second-order valence-corrected chi connectivity index (χ2v) is 7.17. The fourth-order valence-corrected chi connectivity index (χ4v) is 3.38. The van der Waals surface area contributed by atoms with Crippen molar-refractivity contribution in [2.75, 3.05) is 25.3 Å². The molecule has 0 aliphatic heterocycles. The molecule has 0 aromatic heterocycles. The highest BCUT2D eigenvalue weighted by atomic mass is 32.2. The number of amides is 2. The number of thioether (sulfide) groups is 1. The maximum absolute atomic E-state index is 12.3. The van der Waals surface area contributed by atoms with Gasteiger partial charge in [0.15, 0.2) is 11.5 Å². The fourth-order valence-electron chi connectivity index (χ4n) is 2.53. The minimum Gasteiger partial charge on any atom is -0.493 e. The summed E-state index contributed by atoms with van der Waals surface area (Å²) < 4.78 is 10.4. The largest absolute Gasteiger partial charge is 0.493 e. The number of carbonyl (C=O) groups excluding carboxylic acids is 2. The number of methoxy groups -OCH3 is 2. The number of hydrogen-bond donors (Lipinski definition) is 2. The van der Waals surface area contributed by atoms with Crippen molar-refractivity contribution in [2.24, 2.45) is 0 Å². The lowest BCUT2D eigenvalue weighted by atomic mass is 10.2. The Bertz CT molecular complexity index is 836. The predicted octanol–water partition coefficient (Wildman–Crippen LogP) is 3.33. The lowest BCUT2D eigenvalue weighted by molar-refractivity contribution is -0.113. The Labute approximate surface area is 162 Å². The van der Waals surface area contributed by atoms with Crippen molar-refractivity contribution in [3.63, 3.8) is 0 Å². The Kier molecular flexibility index (Phi) is 6.24. The molecule has 2 N–H and O–H groups in total. The van der Waals surface area contributed by atoms with E-state index in [1.54, 1.807) is 38.5 Å². The van der Waals surface area contributed by atoms with Crippen molar-refractivity contribution in [3.05, 3.63) is 48.0 Å². The summed E-state index contributed by atoms with van der Waals surface area (Å²) in [5.74, 6) is 1.10. The highest BCUT2D eigenvalue weighted by molar-refractivity contribution is 8.00. The van der Waals surface area contributed by atoms with Crippen molar-refractivity contribution in [2.45, 2.75) is 23.8 Å². The number of nitrogens with one attached hydrogen (secondary N) is 2. The number of carbonyl (C=O) groups is 2. The molecule has 0 atom stereocenters. The van der Waals surface area contributed by atoms with Crippen LogP contribution < -0.4 is 20.1 Å². The van der Waals surface area contributed by atoms with Crippen molar-refractivity contribution >= 4 is 29.3 Å². The van der Waals surface area contributed by atoms with E-state index in [-0.39, 0.29) is 17.6 Å².